The second kappa shape index (κ2) is 8.16. The average Bonchev–Trinajstić information content (AvgIpc) is 3.21. The molecule has 2 unspecified atom stereocenters. The third-order valence-electron chi connectivity index (χ3n) is 8.55. The maximum Gasteiger partial charge on any atom is 0.340 e. The molecule has 0 saturated carbocycles. The summed E-state index contributed by atoms with van der Waals surface area (Å²) in [6, 6.07) is 9.87. The lowest BCUT2D eigenvalue weighted by atomic mass is 9.73. The molecule has 3 aliphatic heterocycles. The average molecular weight is 459 g/mol. The van der Waals surface area contributed by atoms with Crippen molar-refractivity contribution in [3.63, 3.8) is 0 Å². The van der Waals surface area contributed by atoms with Gasteiger partial charge in [-0.25, -0.2) is 4.79 Å². The van der Waals surface area contributed by atoms with Crippen molar-refractivity contribution < 1.29 is 14.3 Å². The first-order valence-corrected chi connectivity index (χ1v) is 12.8. The molecule has 2 saturated heterocycles. The number of benzene rings is 2. The predicted molar refractivity (Wildman–Crippen MR) is 133 cm³/mol. The Balaban J connectivity index is 1.45. The van der Waals surface area contributed by atoms with Gasteiger partial charge in [0, 0.05) is 42.1 Å². The first-order chi connectivity index (χ1) is 16.5. The first kappa shape index (κ1) is 21.7. The third kappa shape index (κ3) is 3.20. The molecule has 1 aromatic heterocycles. The normalized spacial score (nSPS) is 24.1. The number of piperidine rings is 2. The number of ether oxygens (including phenoxy) is 2. The minimum absolute atomic E-state index is 0.173. The number of carbonyl (C=O) groups excluding carboxylic acids is 1. The second-order valence-electron chi connectivity index (χ2n) is 10.4. The van der Waals surface area contributed by atoms with Crippen molar-refractivity contribution in [3.8, 4) is 5.75 Å². The molecule has 2 aromatic carbocycles. The minimum Gasteiger partial charge on any atom is -0.472 e. The van der Waals surface area contributed by atoms with E-state index in [-0.39, 0.29) is 18.3 Å². The lowest BCUT2D eigenvalue weighted by Gasteiger charge is -2.56. The van der Waals surface area contributed by atoms with Gasteiger partial charge in [0.15, 0.2) is 5.72 Å². The van der Waals surface area contributed by atoms with Gasteiger partial charge in [-0.1, -0.05) is 30.3 Å². The summed E-state index contributed by atoms with van der Waals surface area (Å²) in [6.45, 7) is 8.83. The second-order valence-corrected chi connectivity index (χ2v) is 10.4. The molecule has 5 heteroatoms. The highest BCUT2D eigenvalue weighted by molar-refractivity contribution is 6.09. The molecule has 0 aliphatic carbocycles. The van der Waals surface area contributed by atoms with Gasteiger partial charge in [-0.05, 0) is 69.6 Å². The van der Waals surface area contributed by atoms with E-state index in [1.165, 1.54) is 36.8 Å². The Labute approximate surface area is 201 Å². The van der Waals surface area contributed by atoms with Gasteiger partial charge in [-0.2, -0.15) is 0 Å². The van der Waals surface area contributed by atoms with Crippen molar-refractivity contribution in [1.82, 2.24) is 9.88 Å². The molecule has 0 bridgehead atoms. The van der Waals surface area contributed by atoms with Gasteiger partial charge in [0.25, 0.3) is 0 Å². The minimum atomic E-state index is -0.263. The SMILES string of the molecule is Cc1[nH]c2c(C)c(C)c3c(c2c1C(=O)OCc1ccccc1)CC1CCCN2CCCCC12O3. The summed E-state index contributed by atoms with van der Waals surface area (Å²) in [7, 11) is 0. The molecule has 3 aromatic rings. The fraction of sp³-hybridized carbons (Fsp3) is 0.483. The number of H-pyrrole nitrogens is 1. The Hall–Kier alpha value is -2.79. The van der Waals surface area contributed by atoms with Gasteiger partial charge >= 0.3 is 5.97 Å². The van der Waals surface area contributed by atoms with E-state index in [0.717, 1.165) is 59.4 Å². The van der Waals surface area contributed by atoms with Gasteiger partial charge in [0.05, 0.1) is 11.1 Å². The van der Waals surface area contributed by atoms with Crippen LogP contribution in [0, 0.1) is 26.7 Å². The molecule has 34 heavy (non-hydrogen) atoms. The Morgan fingerprint density at radius 2 is 1.91 bits per heavy atom. The lowest BCUT2D eigenvalue weighted by molar-refractivity contribution is -0.177. The summed E-state index contributed by atoms with van der Waals surface area (Å²) in [5.41, 5.74) is 6.95. The fourth-order valence-corrected chi connectivity index (χ4v) is 6.72. The van der Waals surface area contributed by atoms with Crippen molar-refractivity contribution in [1.29, 1.82) is 0 Å². The van der Waals surface area contributed by atoms with Crippen LogP contribution in [-0.2, 0) is 17.8 Å². The van der Waals surface area contributed by atoms with E-state index in [9.17, 15) is 4.79 Å². The number of nitrogens with one attached hydrogen (secondary N) is 1. The number of aromatic nitrogens is 1. The molecule has 0 amide bonds. The molecule has 5 nitrogen and oxygen atoms in total. The van der Waals surface area contributed by atoms with Gasteiger partial charge in [-0.15, -0.1) is 0 Å². The Morgan fingerprint density at radius 1 is 1.12 bits per heavy atom. The molecule has 6 rings (SSSR count). The number of nitrogens with zero attached hydrogens (tertiary/aromatic N) is 1. The maximum atomic E-state index is 13.4. The van der Waals surface area contributed by atoms with Gasteiger partial charge in [0.1, 0.15) is 12.4 Å². The van der Waals surface area contributed by atoms with Gasteiger partial charge in [-0.3, -0.25) is 4.90 Å². The number of rotatable bonds is 3. The van der Waals surface area contributed by atoms with Crippen LogP contribution in [0.5, 0.6) is 5.75 Å². The van der Waals surface area contributed by atoms with Crippen LogP contribution in [0.2, 0.25) is 0 Å². The number of aryl methyl sites for hydroxylation is 2. The van der Waals surface area contributed by atoms with Crippen LogP contribution in [0.25, 0.3) is 10.9 Å². The van der Waals surface area contributed by atoms with Crippen molar-refractivity contribution in [2.75, 3.05) is 13.1 Å². The summed E-state index contributed by atoms with van der Waals surface area (Å²) in [4.78, 5) is 19.6. The molecule has 3 aliphatic rings. The van der Waals surface area contributed by atoms with Crippen molar-refractivity contribution in [2.45, 2.75) is 71.6 Å². The van der Waals surface area contributed by atoms with Crippen molar-refractivity contribution in [2.24, 2.45) is 5.92 Å². The van der Waals surface area contributed by atoms with Gasteiger partial charge < -0.3 is 14.5 Å². The molecule has 1 spiro atoms. The van der Waals surface area contributed by atoms with E-state index in [1.54, 1.807) is 0 Å². The van der Waals surface area contributed by atoms with Crippen LogP contribution >= 0.6 is 0 Å². The number of hydrogen-bond donors (Lipinski definition) is 1. The largest absolute Gasteiger partial charge is 0.472 e. The Kier molecular flexibility index (Phi) is 5.21. The van der Waals surface area contributed by atoms with Crippen molar-refractivity contribution >= 4 is 16.9 Å². The highest BCUT2D eigenvalue weighted by atomic mass is 16.5. The zero-order chi connectivity index (χ0) is 23.4. The topological polar surface area (TPSA) is 54.6 Å². The predicted octanol–water partition coefficient (Wildman–Crippen LogP) is 5.98. The smallest absolute Gasteiger partial charge is 0.340 e. The summed E-state index contributed by atoms with van der Waals surface area (Å²) in [5.74, 6) is 1.20. The highest BCUT2D eigenvalue weighted by Gasteiger charge is 2.52. The van der Waals surface area contributed by atoms with Crippen LogP contribution in [0.15, 0.2) is 30.3 Å². The molecule has 178 valence electrons. The zero-order valence-corrected chi connectivity index (χ0v) is 20.5. The number of fused-ring (bicyclic) bond motifs is 3. The summed E-state index contributed by atoms with van der Waals surface area (Å²) in [5, 5.41) is 1.01. The monoisotopic (exact) mass is 458 g/mol. The van der Waals surface area contributed by atoms with Crippen LogP contribution in [0.1, 0.15) is 70.4 Å². The molecule has 1 N–H and O–H groups in total. The molecule has 0 radical (unpaired) electrons. The number of aromatic amines is 1. The van der Waals surface area contributed by atoms with E-state index in [1.807, 2.05) is 37.3 Å². The Morgan fingerprint density at radius 3 is 2.74 bits per heavy atom. The first-order valence-electron chi connectivity index (χ1n) is 12.8. The summed E-state index contributed by atoms with van der Waals surface area (Å²) < 4.78 is 12.9. The van der Waals surface area contributed by atoms with Gasteiger partial charge in [0.2, 0.25) is 0 Å². The van der Waals surface area contributed by atoms with Crippen molar-refractivity contribution in [3.05, 3.63) is 63.8 Å². The number of carbonyl (C=O) groups is 1. The summed E-state index contributed by atoms with van der Waals surface area (Å²) in [6.07, 6.45) is 6.95. The summed E-state index contributed by atoms with van der Waals surface area (Å²) >= 11 is 0. The fourth-order valence-electron chi connectivity index (χ4n) is 6.72. The zero-order valence-electron chi connectivity index (χ0n) is 20.5. The third-order valence-corrected chi connectivity index (χ3v) is 8.55. The van der Waals surface area contributed by atoms with E-state index in [0.29, 0.717) is 11.5 Å². The quantitative estimate of drug-likeness (QED) is 0.491. The molecule has 4 heterocycles. The molecule has 2 atom stereocenters. The van der Waals surface area contributed by atoms with E-state index in [4.69, 9.17) is 9.47 Å². The lowest BCUT2D eigenvalue weighted by Crippen LogP contribution is -2.64. The number of esters is 1. The Bertz CT molecular complexity index is 1260. The number of hydrogen-bond acceptors (Lipinski definition) is 4. The van der Waals surface area contributed by atoms with E-state index < -0.39 is 0 Å². The molecule has 2 fully saturated rings. The standard InChI is InChI=1S/C29H34N2O3/c1-18-19(2)27-23(16-22-12-9-15-31-14-8-7-13-29(22,31)34-27)25-24(20(3)30-26(18)25)28(32)33-17-21-10-5-4-6-11-21/h4-6,10-11,22,30H,7-9,12-17H2,1-3H3. The van der Waals surface area contributed by atoms with Crippen LogP contribution in [0.3, 0.4) is 0 Å². The van der Waals surface area contributed by atoms with Crippen LogP contribution in [-0.4, -0.2) is 34.7 Å². The van der Waals surface area contributed by atoms with Crippen LogP contribution < -0.4 is 4.74 Å². The van der Waals surface area contributed by atoms with E-state index in [2.05, 4.69) is 23.7 Å². The van der Waals surface area contributed by atoms with Crippen LogP contribution in [0.4, 0.5) is 0 Å². The van der Waals surface area contributed by atoms with E-state index >= 15 is 0 Å². The highest BCUT2D eigenvalue weighted by Crippen LogP contribution is 2.52. The molecular weight excluding hydrogens is 424 g/mol. The molecular formula is C29H34N2O3. The maximum absolute atomic E-state index is 13.4.